The molecule has 1 aliphatic heterocycles. The van der Waals surface area contributed by atoms with Gasteiger partial charge in [-0.3, -0.25) is 0 Å². The first kappa shape index (κ1) is 19.2. The van der Waals surface area contributed by atoms with Gasteiger partial charge in [0, 0.05) is 22.8 Å². The Bertz CT molecular complexity index is 561. The van der Waals surface area contributed by atoms with E-state index in [2.05, 4.69) is 46.8 Å². The fraction of sp³-hybridized carbons (Fsp3) is 0.714. The minimum Gasteiger partial charge on any atom is -0.398 e. The summed E-state index contributed by atoms with van der Waals surface area (Å²) in [5, 5.41) is 0. The van der Waals surface area contributed by atoms with Gasteiger partial charge in [0.2, 0.25) is 0 Å². The Balaban J connectivity index is 1.47. The second kappa shape index (κ2) is 8.88. The van der Waals surface area contributed by atoms with Crippen LogP contribution >= 0.6 is 15.9 Å². The third-order valence-electron chi connectivity index (χ3n) is 6.14. The van der Waals surface area contributed by atoms with Crippen LogP contribution in [0.1, 0.15) is 56.6 Å². The summed E-state index contributed by atoms with van der Waals surface area (Å²) in [7, 11) is 0. The number of likely N-dealkylation sites (tertiary alicyclic amines) is 1. The van der Waals surface area contributed by atoms with Crippen molar-refractivity contribution < 1.29 is 4.74 Å². The monoisotopic (exact) mass is 408 g/mol. The number of rotatable bonds is 5. The first-order valence-corrected chi connectivity index (χ1v) is 10.8. The van der Waals surface area contributed by atoms with Crippen molar-refractivity contribution in [3.8, 4) is 0 Å². The average Bonchev–Trinajstić information content (AvgIpc) is 2.61. The van der Waals surface area contributed by atoms with Crippen LogP contribution in [0.25, 0.3) is 0 Å². The summed E-state index contributed by atoms with van der Waals surface area (Å²) in [5.74, 6) is 0.777. The summed E-state index contributed by atoms with van der Waals surface area (Å²) in [5.41, 5.74) is 9.79. The van der Waals surface area contributed by atoms with Crippen LogP contribution in [-0.4, -0.2) is 36.7 Å². The van der Waals surface area contributed by atoms with Crippen molar-refractivity contribution in [1.82, 2.24) is 4.90 Å². The zero-order valence-electron chi connectivity index (χ0n) is 15.8. The second-order valence-corrected chi connectivity index (χ2v) is 8.72. The Morgan fingerprint density at radius 3 is 2.44 bits per heavy atom. The summed E-state index contributed by atoms with van der Waals surface area (Å²) in [4.78, 5) is 2.74. The highest BCUT2D eigenvalue weighted by Gasteiger charge is 2.29. The molecule has 1 aliphatic carbocycles. The number of benzene rings is 1. The van der Waals surface area contributed by atoms with Crippen LogP contribution in [0.4, 0.5) is 5.69 Å². The van der Waals surface area contributed by atoms with Crippen LogP contribution in [0.5, 0.6) is 0 Å². The topological polar surface area (TPSA) is 38.5 Å². The van der Waals surface area contributed by atoms with E-state index in [1.54, 1.807) is 0 Å². The fourth-order valence-corrected chi connectivity index (χ4v) is 4.94. The van der Waals surface area contributed by atoms with Gasteiger partial charge in [0.05, 0.1) is 6.10 Å². The zero-order valence-corrected chi connectivity index (χ0v) is 17.4. The van der Waals surface area contributed by atoms with E-state index in [-0.39, 0.29) is 0 Å². The number of aryl methyl sites for hydroxylation is 1. The quantitative estimate of drug-likeness (QED) is 0.700. The van der Waals surface area contributed by atoms with Crippen LogP contribution in [0.3, 0.4) is 0 Å². The lowest BCUT2D eigenvalue weighted by molar-refractivity contribution is 0.00753. The summed E-state index contributed by atoms with van der Waals surface area (Å²) in [6.45, 7) is 7.62. The SMILES string of the molecule is CCOC1CCC(N2CCC(Cc3cc(C)c(Br)cc3N)CC2)CC1. The van der Waals surface area contributed by atoms with Crippen LogP contribution < -0.4 is 5.73 Å². The van der Waals surface area contributed by atoms with Gasteiger partial charge in [0.1, 0.15) is 0 Å². The molecule has 0 unspecified atom stereocenters. The van der Waals surface area contributed by atoms with Crippen LogP contribution in [0, 0.1) is 12.8 Å². The molecule has 2 aliphatic rings. The van der Waals surface area contributed by atoms with Crippen molar-refractivity contribution in [2.24, 2.45) is 5.92 Å². The van der Waals surface area contributed by atoms with E-state index in [0.29, 0.717) is 6.10 Å². The Kier molecular flexibility index (Phi) is 6.81. The molecule has 25 heavy (non-hydrogen) atoms. The van der Waals surface area contributed by atoms with Crippen LogP contribution in [0.15, 0.2) is 16.6 Å². The molecule has 0 atom stereocenters. The molecule has 1 saturated carbocycles. The molecule has 3 rings (SSSR count). The highest BCUT2D eigenvalue weighted by molar-refractivity contribution is 9.10. The third-order valence-corrected chi connectivity index (χ3v) is 7.00. The van der Waals surface area contributed by atoms with Crippen molar-refractivity contribution in [2.45, 2.75) is 70.9 Å². The van der Waals surface area contributed by atoms with Gasteiger partial charge in [-0.2, -0.15) is 0 Å². The number of ether oxygens (including phenoxy) is 1. The van der Waals surface area contributed by atoms with Gasteiger partial charge in [0.15, 0.2) is 0 Å². The van der Waals surface area contributed by atoms with Gasteiger partial charge in [-0.25, -0.2) is 0 Å². The van der Waals surface area contributed by atoms with Gasteiger partial charge in [-0.1, -0.05) is 22.0 Å². The molecule has 0 aromatic heterocycles. The summed E-state index contributed by atoms with van der Waals surface area (Å²) in [6, 6.07) is 5.12. The standard InChI is InChI=1S/C21H33BrN2O/c1-3-25-19-6-4-18(5-7-19)24-10-8-16(9-11-24)13-17-12-15(2)20(22)14-21(17)23/h12,14,16,18-19H,3-11,13,23H2,1-2H3. The molecule has 0 amide bonds. The maximum absolute atomic E-state index is 6.24. The Labute approximate surface area is 161 Å². The fourth-order valence-electron chi connectivity index (χ4n) is 4.58. The van der Waals surface area contributed by atoms with Gasteiger partial charge in [-0.15, -0.1) is 0 Å². The molecule has 2 fully saturated rings. The van der Waals surface area contributed by atoms with Crippen molar-refractivity contribution in [2.75, 3.05) is 25.4 Å². The van der Waals surface area contributed by atoms with E-state index in [0.717, 1.165) is 35.1 Å². The van der Waals surface area contributed by atoms with Gasteiger partial charge >= 0.3 is 0 Å². The van der Waals surface area contributed by atoms with E-state index < -0.39 is 0 Å². The zero-order chi connectivity index (χ0) is 17.8. The summed E-state index contributed by atoms with van der Waals surface area (Å²) >= 11 is 3.58. The maximum Gasteiger partial charge on any atom is 0.0576 e. The molecule has 0 bridgehead atoms. The molecule has 3 nitrogen and oxygen atoms in total. The lowest BCUT2D eigenvalue weighted by Crippen LogP contribution is -2.44. The second-order valence-electron chi connectivity index (χ2n) is 7.87. The molecule has 1 heterocycles. The molecule has 1 aromatic rings. The average molecular weight is 409 g/mol. The molecule has 0 spiro atoms. The number of anilines is 1. The number of piperidine rings is 1. The van der Waals surface area contributed by atoms with Crippen molar-refractivity contribution in [3.05, 3.63) is 27.7 Å². The van der Waals surface area contributed by atoms with E-state index in [1.165, 1.54) is 62.7 Å². The lowest BCUT2D eigenvalue weighted by atomic mass is 9.86. The summed E-state index contributed by atoms with van der Waals surface area (Å²) < 4.78 is 6.91. The number of hydrogen-bond acceptors (Lipinski definition) is 3. The molecular formula is C21H33BrN2O. The highest BCUT2D eigenvalue weighted by atomic mass is 79.9. The number of nitrogens with two attached hydrogens (primary N) is 1. The highest BCUT2D eigenvalue weighted by Crippen LogP contribution is 2.31. The number of halogens is 1. The molecule has 0 radical (unpaired) electrons. The Morgan fingerprint density at radius 1 is 1.12 bits per heavy atom. The van der Waals surface area contributed by atoms with Gasteiger partial charge in [0.25, 0.3) is 0 Å². The van der Waals surface area contributed by atoms with E-state index in [4.69, 9.17) is 10.5 Å². The van der Waals surface area contributed by atoms with E-state index in [1.807, 2.05) is 0 Å². The van der Waals surface area contributed by atoms with Crippen molar-refractivity contribution in [1.29, 1.82) is 0 Å². The third kappa shape index (κ3) is 4.99. The molecule has 1 aromatic carbocycles. The number of nitrogen functional groups attached to an aromatic ring is 1. The molecular weight excluding hydrogens is 376 g/mol. The first-order valence-electron chi connectivity index (χ1n) is 9.97. The first-order chi connectivity index (χ1) is 12.1. The van der Waals surface area contributed by atoms with Crippen LogP contribution in [0.2, 0.25) is 0 Å². The predicted octanol–water partition coefficient (Wildman–Crippen LogP) is 4.94. The predicted molar refractivity (Wildman–Crippen MR) is 109 cm³/mol. The van der Waals surface area contributed by atoms with Crippen molar-refractivity contribution in [3.63, 3.8) is 0 Å². The molecule has 1 saturated heterocycles. The smallest absolute Gasteiger partial charge is 0.0576 e. The lowest BCUT2D eigenvalue weighted by Gasteiger charge is -2.41. The number of nitrogens with zero attached hydrogens (tertiary/aromatic N) is 1. The molecule has 2 N–H and O–H groups in total. The largest absolute Gasteiger partial charge is 0.398 e. The maximum atomic E-state index is 6.24. The van der Waals surface area contributed by atoms with E-state index >= 15 is 0 Å². The summed E-state index contributed by atoms with van der Waals surface area (Å²) in [6.07, 6.45) is 9.37. The van der Waals surface area contributed by atoms with Gasteiger partial charge < -0.3 is 15.4 Å². The minimum atomic E-state index is 0.516. The van der Waals surface area contributed by atoms with Gasteiger partial charge in [-0.05, 0) is 95.0 Å². The molecule has 140 valence electrons. The number of hydrogen-bond donors (Lipinski definition) is 1. The van der Waals surface area contributed by atoms with Crippen LogP contribution in [-0.2, 0) is 11.2 Å². The molecule has 4 heteroatoms. The minimum absolute atomic E-state index is 0.516. The van der Waals surface area contributed by atoms with E-state index in [9.17, 15) is 0 Å². The normalized spacial score (nSPS) is 26.0. The Hall–Kier alpha value is -0.580. The van der Waals surface area contributed by atoms with Crippen molar-refractivity contribution >= 4 is 21.6 Å². The Morgan fingerprint density at radius 2 is 1.80 bits per heavy atom.